The number of nitrogens with one attached hydrogen (secondary N) is 1. The largest absolute Gasteiger partial charge is 0.497 e. The van der Waals surface area contributed by atoms with Crippen LogP contribution in [0, 0.1) is 13.8 Å². The van der Waals surface area contributed by atoms with Gasteiger partial charge in [-0.2, -0.15) is 0 Å². The fraction of sp³-hybridized carbons (Fsp3) is 0.368. The molecule has 0 saturated heterocycles. The Bertz CT molecular complexity index is 801. The molecule has 0 aliphatic heterocycles. The number of anilines is 1. The monoisotopic (exact) mass is 376 g/mol. The summed E-state index contributed by atoms with van der Waals surface area (Å²) in [7, 11) is 4.83. The van der Waals surface area contributed by atoms with Gasteiger partial charge >= 0.3 is 5.97 Å². The predicted molar refractivity (Wildman–Crippen MR) is 103 cm³/mol. The second kappa shape index (κ2) is 8.82. The molecule has 1 amide bonds. The van der Waals surface area contributed by atoms with Crippen LogP contribution in [-0.2, 0) is 16.1 Å². The number of thiophene rings is 1. The molecule has 1 aromatic heterocycles. The van der Waals surface area contributed by atoms with E-state index in [-0.39, 0.29) is 12.5 Å². The van der Waals surface area contributed by atoms with Crippen molar-refractivity contribution in [3.8, 4) is 5.75 Å². The first-order valence-electron chi connectivity index (χ1n) is 8.15. The molecular weight excluding hydrogens is 352 g/mol. The summed E-state index contributed by atoms with van der Waals surface area (Å²) in [6.45, 7) is 4.57. The number of carbonyl (C=O) groups excluding carboxylic acids is 2. The molecule has 0 aliphatic rings. The molecule has 0 unspecified atom stereocenters. The molecule has 1 heterocycles. The zero-order valence-electron chi connectivity index (χ0n) is 15.7. The van der Waals surface area contributed by atoms with Crippen LogP contribution in [0.15, 0.2) is 24.3 Å². The fourth-order valence-corrected chi connectivity index (χ4v) is 3.68. The molecule has 26 heavy (non-hydrogen) atoms. The summed E-state index contributed by atoms with van der Waals surface area (Å²) in [6.07, 6.45) is 0. The van der Waals surface area contributed by atoms with Crippen molar-refractivity contribution < 1.29 is 19.1 Å². The number of hydrogen-bond donors (Lipinski definition) is 1. The second-order valence-electron chi connectivity index (χ2n) is 6.05. The highest BCUT2D eigenvalue weighted by molar-refractivity contribution is 7.16. The molecular formula is C19H24N2O4S. The van der Waals surface area contributed by atoms with Gasteiger partial charge in [-0.1, -0.05) is 12.1 Å². The Labute approximate surface area is 157 Å². The molecule has 0 atom stereocenters. The maximum Gasteiger partial charge on any atom is 0.341 e. The molecule has 2 rings (SSSR count). The van der Waals surface area contributed by atoms with E-state index >= 15 is 0 Å². The van der Waals surface area contributed by atoms with Crippen LogP contribution in [0.1, 0.15) is 26.4 Å². The lowest BCUT2D eigenvalue weighted by Crippen LogP contribution is -2.30. The molecule has 140 valence electrons. The molecule has 2 aromatic rings. The van der Waals surface area contributed by atoms with Gasteiger partial charge in [0.1, 0.15) is 10.8 Å². The van der Waals surface area contributed by atoms with Crippen molar-refractivity contribution in [2.24, 2.45) is 0 Å². The van der Waals surface area contributed by atoms with Gasteiger partial charge in [-0.25, -0.2) is 4.79 Å². The van der Waals surface area contributed by atoms with E-state index in [0.29, 0.717) is 17.1 Å². The summed E-state index contributed by atoms with van der Waals surface area (Å²) in [4.78, 5) is 27.3. The first-order valence-corrected chi connectivity index (χ1v) is 8.97. The van der Waals surface area contributed by atoms with E-state index in [1.165, 1.54) is 18.4 Å². The number of esters is 1. The fourth-order valence-electron chi connectivity index (χ4n) is 2.61. The van der Waals surface area contributed by atoms with E-state index in [4.69, 9.17) is 9.47 Å². The average molecular weight is 376 g/mol. The highest BCUT2D eigenvalue weighted by atomic mass is 32.1. The number of likely N-dealkylation sites (N-methyl/N-ethyl adjacent to an activating group) is 1. The van der Waals surface area contributed by atoms with E-state index in [1.54, 1.807) is 7.11 Å². The van der Waals surface area contributed by atoms with Crippen molar-refractivity contribution in [3.05, 3.63) is 45.8 Å². The van der Waals surface area contributed by atoms with Gasteiger partial charge in [0.15, 0.2) is 0 Å². The standard InChI is InChI=1S/C19H24N2O4S/c1-12-13(2)26-18(17(12)19(23)25-5)20-16(22)11-21(3)10-14-7-6-8-15(9-14)24-4/h6-9H,10-11H2,1-5H3,(H,20,22). The zero-order valence-corrected chi connectivity index (χ0v) is 16.5. The third-order valence-corrected chi connectivity index (χ3v) is 5.15. The van der Waals surface area contributed by atoms with Crippen molar-refractivity contribution in [2.45, 2.75) is 20.4 Å². The number of aryl methyl sites for hydroxylation is 1. The number of nitrogens with zero attached hydrogens (tertiary/aromatic N) is 1. The number of rotatable bonds is 7. The van der Waals surface area contributed by atoms with E-state index in [0.717, 1.165) is 21.8 Å². The Balaban J connectivity index is 2.02. The lowest BCUT2D eigenvalue weighted by molar-refractivity contribution is -0.117. The van der Waals surface area contributed by atoms with Crippen molar-refractivity contribution >= 4 is 28.2 Å². The lowest BCUT2D eigenvalue weighted by Gasteiger charge is -2.16. The van der Waals surface area contributed by atoms with Gasteiger partial charge in [0.25, 0.3) is 0 Å². The number of benzene rings is 1. The molecule has 1 aromatic carbocycles. The van der Waals surface area contributed by atoms with Crippen LogP contribution < -0.4 is 10.1 Å². The molecule has 0 fully saturated rings. The summed E-state index contributed by atoms with van der Waals surface area (Å²) in [5.74, 6) is 0.168. The van der Waals surface area contributed by atoms with Gasteiger partial charge in [-0.3, -0.25) is 9.69 Å². The highest BCUT2D eigenvalue weighted by Crippen LogP contribution is 2.32. The van der Waals surface area contributed by atoms with Crippen molar-refractivity contribution in [3.63, 3.8) is 0 Å². The van der Waals surface area contributed by atoms with Gasteiger partial charge in [0.05, 0.1) is 26.3 Å². The number of amides is 1. The Morgan fingerprint density at radius 1 is 1.23 bits per heavy atom. The normalized spacial score (nSPS) is 10.7. The molecule has 7 heteroatoms. The minimum atomic E-state index is -0.438. The summed E-state index contributed by atoms with van der Waals surface area (Å²) in [6, 6.07) is 7.72. The van der Waals surface area contributed by atoms with Crippen LogP contribution in [0.5, 0.6) is 5.75 Å². The molecule has 0 radical (unpaired) electrons. The average Bonchev–Trinajstić information content (AvgIpc) is 2.87. The second-order valence-corrected chi connectivity index (χ2v) is 7.28. The summed E-state index contributed by atoms with van der Waals surface area (Å²) in [5, 5.41) is 3.37. The number of ether oxygens (including phenoxy) is 2. The third-order valence-electron chi connectivity index (χ3n) is 4.03. The molecule has 0 bridgehead atoms. The lowest BCUT2D eigenvalue weighted by atomic mass is 10.1. The van der Waals surface area contributed by atoms with E-state index in [1.807, 2.05) is 50.1 Å². The maximum atomic E-state index is 12.4. The first kappa shape index (κ1) is 19.9. The predicted octanol–water partition coefficient (Wildman–Crippen LogP) is 3.23. The minimum absolute atomic E-state index is 0.179. The smallest absolute Gasteiger partial charge is 0.341 e. The van der Waals surface area contributed by atoms with Crippen LogP contribution in [0.25, 0.3) is 0 Å². The van der Waals surface area contributed by atoms with Crippen LogP contribution >= 0.6 is 11.3 Å². The Hall–Kier alpha value is -2.38. The van der Waals surface area contributed by atoms with E-state index in [2.05, 4.69) is 5.32 Å². The van der Waals surface area contributed by atoms with E-state index < -0.39 is 5.97 Å². The summed E-state index contributed by atoms with van der Waals surface area (Å²) >= 11 is 1.38. The first-order chi connectivity index (χ1) is 12.3. The third kappa shape index (κ3) is 4.83. The highest BCUT2D eigenvalue weighted by Gasteiger charge is 2.21. The number of carbonyl (C=O) groups is 2. The van der Waals surface area contributed by atoms with Gasteiger partial charge in [0, 0.05) is 11.4 Å². The zero-order chi connectivity index (χ0) is 19.3. The maximum absolute atomic E-state index is 12.4. The summed E-state index contributed by atoms with van der Waals surface area (Å²) < 4.78 is 10.0. The molecule has 0 aliphatic carbocycles. The molecule has 1 N–H and O–H groups in total. The Morgan fingerprint density at radius 2 is 1.96 bits per heavy atom. The van der Waals surface area contributed by atoms with Crippen LogP contribution in [0.4, 0.5) is 5.00 Å². The quantitative estimate of drug-likeness (QED) is 0.752. The Morgan fingerprint density at radius 3 is 2.62 bits per heavy atom. The SMILES string of the molecule is COC(=O)c1c(NC(=O)CN(C)Cc2cccc(OC)c2)sc(C)c1C. The number of hydrogen-bond acceptors (Lipinski definition) is 6. The van der Waals surface area contributed by atoms with Crippen molar-refractivity contribution in [2.75, 3.05) is 33.1 Å². The minimum Gasteiger partial charge on any atom is -0.497 e. The molecule has 0 spiro atoms. The van der Waals surface area contributed by atoms with Gasteiger partial charge in [-0.15, -0.1) is 11.3 Å². The van der Waals surface area contributed by atoms with Crippen LogP contribution in [0.3, 0.4) is 0 Å². The number of methoxy groups -OCH3 is 2. The van der Waals surface area contributed by atoms with Gasteiger partial charge < -0.3 is 14.8 Å². The van der Waals surface area contributed by atoms with Crippen molar-refractivity contribution in [1.29, 1.82) is 0 Å². The van der Waals surface area contributed by atoms with Crippen LogP contribution in [-0.4, -0.2) is 44.6 Å². The van der Waals surface area contributed by atoms with E-state index in [9.17, 15) is 9.59 Å². The molecule has 0 saturated carbocycles. The van der Waals surface area contributed by atoms with Gasteiger partial charge in [0.2, 0.25) is 5.91 Å². The van der Waals surface area contributed by atoms with Crippen molar-refractivity contribution in [1.82, 2.24) is 4.90 Å². The topological polar surface area (TPSA) is 67.9 Å². The van der Waals surface area contributed by atoms with Crippen LogP contribution in [0.2, 0.25) is 0 Å². The summed E-state index contributed by atoms with van der Waals surface area (Å²) in [5.41, 5.74) is 2.32. The molecule has 6 nitrogen and oxygen atoms in total. The van der Waals surface area contributed by atoms with Gasteiger partial charge in [-0.05, 0) is 44.2 Å². The Kier molecular flexibility index (Phi) is 6.76.